The normalized spacial score (nSPS) is 11.7. The SMILES string of the molecule is CCCC(=O)N(Cc1ccc(OC)cc1)[C@@H](CC)C(=O)NCC. The van der Waals surface area contributed by atoms with Crippen molar-refractivity contribution in [2.24, 2.45) is 0 Å². The highest BCUT2D eigenvalue weighted by Gasteiger charge is 2.27. The summed E-state index contributed by atoms with van der Waals surface area (Å²) in [6.07, 6.45) is 1.81. The van der Waals surface area contributed by atoms with E-state index >= 15 is 0 Å². The second-order valence-corrected chi connectivity index (χ2v) is 5.44. The molecule has 1 aromatic rings. The highest BCUT2D eigenvalue weighted by Crippen LogP contribution is 2.17. The molecule has 128 valence electrons. The van der Waals surface area contributed by atoms with E-state index in [-0.39, 0.29) is 11.8 Å². The van der Waals surface area contributed by atoms with Crippen molar-refractivity contribution in [2.45, 2.75) is 52.6 Å². The molecule has 0 saturated carbocycles. The summed E-state index contributed by atoms with van der Waals surface area (Å²) >= 11 is 0. The van der Waals surface area contributed by atoms with E-state index < -0.39 is 6.04 Å². The van der Waals surface area contributed by atoms with Crippen molar-refractivity contribution in [3.05, 3.63) is 29.8 Å². The molecule has 1 rings (SSSR count). The van der Waals surface area contributed by atoms with Gasteiger partial charge in [-0.1, -0.05) is 26.0 Å². The van der Waals surface area contributed by atoms with Gasteiger partial charge in [-0.25, -0.2) is 0 Å². The maximum Gasteiger partial charge on any atom is 0.242 e. The summed E-state index contributed by atoms with van der Waals surface area (Å²) in [6, 6.07) is 7.15. The molecule has 1 atom stereocenters. The molecule has 0 unspecified atom stereocenters. The van der Waals surface area contributed by atoms with Crippen molar-refractivity contribution >= 4 is 11.8 Å². The molecule has 0 saturated heterocycles. The van der Waals surface area contributed by atoms with Crippen molar-refractivity contribution < 1.29 is 14.3 Å². The zero-order valence-electron chi connectivity index (χ0n) is 14.6. The number of rotatable bonds is 9. The van der Waals surface area contributed by atoms with Gasteiger partial charge in [0.25, 0.3) is 0 Å². The first-order chi connectivity index (χ1) is 11.1. The lowest BCUT2D eigenvalue weighted by atomic mass is 10.1. The molecule has 1 aromatic carbocycles. The quantitative estimate of drug-likeness (QED) is 0.761. The van der Waals surface area contributed by atoms with Crippen LogP contribution >= 0.6 is 0 Å². The van der Waals surface area contributed by atoms with Gasteiger partial charge in [0.2, 0.25) is 11.8 Å². The molecular formula is C18H28N2O3. The Labute approximate surface area is 139 Å². The summed E-state index contributed by atoms with van der Waals surface area (Å²) in [5.74, 6) is 0.699. The largest absolute Gasteiger partial charge is 0.497 e. The lowest BCUT2D eigenvalue weighted by Gasteiger charge is -2.30. The molecule has 23 heavy (non-hydrogen) atoms. The Morgan fingerprint density at radius 2 is 1.83 bits per heavy atom. The van der Waals surface area contributed by atoms with Crippen molar-refractivity contribution in [2.75, 3.05) is 13.7 Å². The predicted octanol–water partition coefficient (Wildman–Crippen LogP) is 2.74. The zero-order chi connectivity index (χ0) is 17.2. The Morgan fingerprint density at radius 3 is 2.30 bits per heavy atom. The summed E-state index contributed by atoms with van der Waals surface area (Å²) in [5, 5.41) is 2.83. The highest BCUT2D eigenvalue weighted by molar-refractivity contribution is 5.87. The van der Waals surface area contributed by atoms with Crippen LogP contribution in [0.15, 0.2) is 24.3 Å². The van der Waals surface area contributed by atoms with Gasteiger partial charge in [0.15, 0.2) is 0 Å². The predicted molar refractivity (Wildman–Crippen MR) is 91.2 cm³/mol. The minimum atomic E-state index is -0.434. The lowest BCUT2D eigenvalue weighted by Crippen LogP contribution is -2.48. The number of ether oxygens (including phenoxy) is 1. The first kappa shape index (κ1) is 19.0. The van der Waals surface area contributed by atoms with Gasteiger partial charge < -0.3 is 15.0 Å². The van der Waals surface area contributed by atoms with Crippen molar-refractivity contribution in [3.63, 3.8) is 0 Å². The molecule has 0 fully saturated rings. The molecule has 0 radical (unpaired) electrons. The molecule has 0 aliphatic carbocycles. The third kappa shape index (κ3) is 5.58. The second-order valence-electron chi connectivity index (χ2n) is 5.44. The van der Waals surface area contributed by atoms with Crippen LogP contribution < -0.4 is 10.1 Å². The first-order valence-corrected chi connectivity index (χ1v) is 8.27. The first-order valence-electron chi connectivity index (χ1n) is 8.27. The molecule has 5 heteroatoms. The van der Waals surface area contributed by atoms with Gasteiger partial charge in [-0.15, -0.1) is 0 Å². The van der Waals surface area contributed by atoms with E-state index in [9.17, 15) is 9.59 Å². The fourth-order valence-corrected chi connectivity index (χ4v) is 2.50. The molecule has 5 nitrogen and oxygen atoms in total. The standard InChI is InChI=1S/C18H28N2O3/c1-5-8-17(21)20(16(6-2)18(22)19-7-3)13-14-9-11-15(23-4)12-10-14/h9-12,16H,5-8,13H2,1-4H3,(H,19,22)/t16-/m0/s1. The third-order valence-electron chi connectivity index (χ3n) is 3.71. The molecule has 1 N–H and O–H groups in total. The minimum absolute atomic E-state index is 0.0152. The van der Waals surface area contributed by atoms with Crippen LogP contribution in [-0.4, -0.2) is 36.4 Å². The van der Waals surface area contributed by atoms with Gasteiger partial charge in [-0.3, -0.25) is 9.59 Å². The summed E-state index contributed by atoms with van der Waals surface area (Å²) < 4.78 is 5.15. The smallest absolute Gasteiger partial charge is 0.242 e. The average Bonchev–Trinajstić information content (AvgIpc) is 2.55. The van der Waals surface area contributed by atoms with Gasteiger partial charge in [-0.2, -0.15) is 0 Å². The summed E-state index contributed by atoms with van der Waals surface area (Å²) in [6.45, 7) is 6.77. The topological polar surface area (TPSA) is 58.6 Å². The Hall–Kier alpha value is -2.04. The molecule has 0 heterocycles. The van der Waals surface area contributed by atoms with Crippen LogP contribution in [0.1, 0.15) is 45.6 Å². The number of carbonyl (C=O) groups is 2. The Balaban J connectivity index is 2.97. The summed E-state index contributed by atoms with van der Waals surface area (Å²) in [4.78, 5) is 26.5. The molecule has 2 amide bonds. The number of hydrogen-bond acceptors (Lipinski definition) is 3. The van der Waals surface area contributed by atoms with Crippen LogP contribution in [0.2, 0.25) is 0 Å². The monoisotopic (exact) mass is 320 g/mol. The maximum atomic E-state index is 12.5. The Morgan fingerprint density at radius 1 is 1.17 bits per heavy atom. The third-order valence-corrected chi connectivity index (χ3v) is 3.71. The van der Waals surface area contributed by atoms with Crippen LogP contribution in [-0.2, 0) is 16.1 Å². The summed E-state index contributed by atoms with van der Waals surface area (Å²) in [7, 11) is 1.62. The number of hydrogen-bond donors (Lipinski definition) is 1. The molecule has 0 bridgehead atoms. The van der Waals surface area contributed by atoms with E-state index in [1.54, 1.807) is 12.0 Å². The number of likely N-dealkylation sites (N-methyl/N-ethyl adjacent to an activating group) is 1. The fourth-order valence-electron chi connectivity index (χ4n) is 2.50. The van der Waals surface area contributed by atoms with Gasteiger partial charge in [0, 0.05) is 19.5 Å². The molecule has 0 spiro atoms. The van der Waals surface area contributed by atoms with Crippen LogP contribution in [0.3, 0.4) is 0 Å². The lowest BCUT2D eigenvalue weighted by molar-refractivity contribution is -0.141. The molecule has 0 aromatic heterocycles. The van der Waals surface area contributed by atoms with E-state index in [0.717, 1.165) is 17.7 Å². The number of nitrogens with zero attached hydrogens (tertiary/aromatic N) is 1. The minimum Gasteiger partial charge on any atom is -0.497 e. The second kappa shape index (κ2) is 9.87. The molecule has 0 aliphatic rings. The van der Waals surface area contributed by atoms with Gasteiger partial charge >= 0.3 is 0 Å². The van der Waals surface area contributed by atoms with Crippen molar-refractivity contribution in [3.8, 4) is 5.75 Å². The summed E-state index contributed by atoms with van der Waals surface area (Å²) in [5.41, 5.74) is 0.984. The van der Waals surface area contributed by atoms with Crippen molar-refractivity contribution in [1.29, 1.82) is 0 Å². The highest BCUT2D eigenvalue weighted by atomic mass is 16.5. The van der Waals surface area contributed by atoms with E-state index in [1.807, 2.05) is 45.0 Å². The van der Waals surface area contributed by atoms with E-state index in [4.69, 9.17) is 4.74 Å². The van der Waals surface area contributed by atoms with Gasteiger partial charge in [0.1, 0.15) is 11.8 Å². The van der Waals surface area contributed by atoms with E-state index in [0.29, 0.717) is 25.9 Å². The zero-order valence-corrected chi connectivity index (χ0v) is 14.6. The number of benzene rings is 1. The number of methoxy groups -OCH3 is 1. The number of amides is 2. The van der Waals surface area contributed by atoms with Crippen LogP contribution in [0.5, 0.6) is 5.75 Å². The Kier molecular flexibility index (Phi) is 8.16. The molecular weight excluding hydrogens is 292 g/mol. The molecule has 0 aliphatic heterocycles. The van der Waals surface area contributed by atoms with Gasteiger partial charge in [0.05, 0.1) is 7.11 Å². The number of carbonyl (C=O) groups excluding carboxylic acids is 2. The average molecular weight is 320 g/mol. The Bertz CT molecular complexity index is 499. The van der Waals surface area contributed by atoms with Crippen LogP contribution in [0.25, 0.3) is 0 Å². The van der Waals surface area contributed by atoms with Crippen molar-refractivity contribution in [1.82, 2.24) is 10.2 Å². The van der Waals surface area contributed by atoms with E-state index in [1.165, 1.54) is 0 Å². The van der Waals surface area contributed by atoms with Crippen LogP contribution in [0, 0.1) is 0 Å². The maximum absolute atomic E-state index is 12.5. The van der Waals surface area contributed by atoms with Gasteiger partial charge in [-0.05, 0) is 37.5 Å². The van der Waals surface area contributed by atoms with Crippen LogP contribution in [0.4, 0.5) is 0 Å². The van der Waals surface area contributed by atoms with E-state index in [2.05, 4.69) is 5.32 Å². The number of nitrogens with one attached hydrogen (secondary N) is 1. The fraction of sp³-hybridized carbons (Fsp3) is 0.556.